The Hall–Kier alpha value is 0.570. The summed E-state index contributed by atoms with van der Waals surface area (Å²) in [5.74, 6) is -0.711. The Morgan fingerprint density at radius 1 is 1.60 bits per heavy atom. The summed E-state index contributed by atoms with van der Waals surface area (Å²) in [5, 5.41) is 0. The summed E-state index contributed by atoms with van der Waals surface area (Å²) in [7, 11) is -4.41. The minimum Gasteiger partial charge on any atom is -0.744 e. The molecule has 0 N–H and O–H groups in total. The van der Waals surface area contributed by atoms with Crippen LogP contribution >= 0.6 is 0 Å². The van der Waals surface area contributed by atoms with Crippen LogP contribution in [-0.4, -0.2) is 31.5 Å². The van der Waals surface area contributed by atoms with Gasteiger partial charge in [-0.3, -0.25) is 0 Å². The Balaban J connectivity index is 0.00000196. The molecule has 1 atom stereocenters. The van der Waals surface area contributed by atoms with E-state index < -0.39 is 22.0 Å². The van der Waals surface area contributed by atoms with Crippen LogP contribution in [0.15, 0.2) is 11.5 Å². The SMILES string of the molecule is C=C(C[C@@H]1COC(C)(C)O1)S(=O)(=O)[O-].[Na+]. The van der Waals surface area contributed by atoms with Crippen molar-refractivity contribution in [3.63, 3.8) is 0 Å². The van der Waals surface area contributed by atoms with Crippen molar-refractivity contribution in [3.8, 4) is 0 Å². The predicted molar refractivity (Wildman–Crippen MR) is 48.4 cm³/mol. The summed E-state index contributed by atoms with van der Waals surface area (Å²) in [6, 6.07) is 0. The van der Waals surface area contributed by atoms with E-state index in [1.54, 1.807) is 13.8 Å². The van der Waals surface area contributed by atoms with Crippen molar-refractivity contribution in [2.45, 2.75) is 32.2 Å². The van der Waals surface area contributed by atoms with Gasteiger partial charge in [0.05, 0.1) is 12.7 Å². The summed E-state index contributed by atoms with van der Waals surface area (Å²) in [5.41, 5.74) is 0. The van der Waals surface area contributed by atoms with Crippen molar-refractivity contribution in [2.24, 2.45) is 0 Å². The van der Waals surface area contributed by atoms with Gasteiger partial charge < -0.3 is 14.0 Å². The molecule has 0 radical (unpaired) electrons. The van der Waals surface area contributed by atoms with E-state index >= 15 is 0 Å². The fourth-order valence-electron chi connectivity index (χ4n) is 1.22. The molecule has 1 heterocycles. The Bertz CT molecular complexity index is 335. The van der Waals surface area contributed by atoms with Crippen molar-refractivity contribution in [1.82, 2.24) is 0 Å². The van der Waals surface area contributed by atoms with E-state index in [0.29, 0.717) is 0 Å². The van der Waals surface area contributed by atoms with E-state index in [9.17, 15) is 13.0 Å². The monoisotopic (exact) mass is 244 g/mol. The topological polar surface area (TPSA) is 75.7 Å². The maximum absolute atomic E-state index is 10.5. The molecule has 0 aromatic heterocycles. The molecule has 0 aliphatic carbocycles. The summed E-state index contributed by atoms with van der Waals surface area (Å²) in [6.07, 6.45) is -0.406. The van der Waals surface area contributed by atoms with Crippen molar-refractivity contribution in [3.05, 3.63) is 11.5 Å². The van der Waals surface area contributed by atoms with Gasteiger partial charge in [0, 0.05) is 11.3 Å². The molecule has 7 heteroatoms. The third-order valence-electron chi connectivity index (χ3n) is 1.88. The van der Waals surface area contributed by atoms with E-state index in [2.05, 4.69) is 6.58 Å². The van der Waals surface area contributed by atoms with Gasteiger partial charge in [0.2, 0.25) is 0 Å². The third-order valence-corrected chi connectivity index (χ3v) is 2.75. The van der Waals surface area contributed by atoms with Gasteiger partial charge in [0.1, 0.15) is 10.1 Å². The first-order valence-corrected chi connectivity index (χ1v) is 5.57. The van der Waals surface area contributed by atoms with Crippen molar-refractivity contribution in [2.75, 3.05) is 6.61 Å². The molecule has 1 rings (SSSR count). The van der Waals surface area contributed by atoms with Crippen LogP contribution < -0.4 is 29.6 Å². The van der Waals surface area contributed by atoms with Gasteiger partial charge in [0.25, 0.3) is 0 Å². The second-order valence-corrected chi connectivity index (χ2v) is 5.13. The summed E-state index contributed by atoms with van der Waals surface area (Å²) in [6.45, 7) is 6.93. The molecule has 0 saturated carbocycles. The smallest absolute Gasteiger partial charge is 0.744 e. The van der Waals surface area contributed by atoms with Crippen molar-refractivity contribution in [1.29, 1.82) is 0 Å². The van der Waals surface area contributed by atoms with Crippen LogP contribution in [0.5, 0.6) is 0 Å². The van der Waals surface area contributed by atoms with Crippen LogP contribution in [-0.2, 0) is 19.6 Å². The zero-order valence-electron chi connectivity index (χ0n) is 9.15. The first-order chi connectivity index (χ1) is 6.21. The van der Waals surface area contributed by atoms with Gasteiger partial charge >= 0.3 is 29.6 Å². The van der Waals surface area contributed by atoms with Crippen LogP contribution in [0, 0.1) is 0 Å². The molecule has 1 saturated heterocycles. The van der Waals surface area contributed by atoms with Gasteiger partial charge in [0.15, 0.2) is 5.79 Å². The number of rotatable bonds is 3. The minimum atomic E-state index is -4.41. The first-order valence-electron chi connectivity index (χ1n) is 4.16. The van der Waals surface area contributed by atoms with E-state index in [4.69, 9.17) is 9.47 Å². The average molecular weight is 244 g/mol. The molecule has 1 aliphatic rings. The van der Waals surface area contributed by atoms with Crippen LogP contribution in [0.1, 0.15) is 20.3 Å². The first kappa shape index (κ1) is 15.6. The zero-order valence-corrected chi connectivity index (χ0v) is 12.0. The number of hydrogen-bond donors (Lipinski definition) is 0. The molecule has 82 valence electrons. The quantitative estimate of drug-likeness (QED) is 0.408. The van der Waals surface area contributed by atoms with Crippen LogP contribution in [0.3, 0.4) is 0 Å². The molecule has 5 nitrogen and oxygen atoms in total. The second-order valence-electron chi connectivity index (χ2n) is 3.65. The molecule has 0 unspecified atom stereocenters. The summed E-state index contributed by atoms with van der Waals surface area (Å²) in [4.78, 5) is -0.358. The van der Waals surface area contributed by atoms with E-state index in [1.807, 2.05) is 0 Å². The summed E-state index contributed by atoms with van der Waals surface area (Å²) >= 11 is 0. The maximum atomic E-state index is 10.5. The number of ether oxygens (including phenoxy) is 2. The van der Waals surface area contributed by atoms with Gasteiger partial charge in [-0.05, 0) is 13.8 Å². The molecule has 1 fully saturated rings. The van der Waals surface area contributed by atoms with Crippen LogP contribution in [0.25, 0.3) is 0 Å². The molecule has 1 aliphatic heterocycles. The molecule has 15 heavy (non-hydrogen) atoms. The molecule has 0 aromatic carbocycles. The van der Waals surface area contributed by atoms with Crippen molar-refractivity contribution < 1.29 is 52.0 Å². The normalized spacial score (nSPS) is 24.6. The Labute approximate surface area is 112 Å². The standard InChI is InChI=1S/C8H14O5S.Na/c1-6(14(9,10)11)4-7-5-12-8(2,3)13-7;/h7H,1,4-5H2,2-3H3,(H,9,10,11);/q;+1/p-1/t7-;/m1./s1. The molecular formula is C8H13NaO5S. The van der Waals surface area contributed by atoms with Gasteiger partial charge in [-0.15, -0.1) is 0 Å². The van der Waals surface area contributed by atoms with Gasteiger partial charge in [-0.1, -0.05) is 6.58 Å². The minimum absolute atomic E-state index is 0. The van der Waals surface area contributed by atoms with Crippen LogP contribution in [0.2, 0.25) is 0 Å². The Kier molecular flexibility index (Phi) is 5.47. The van der Waals surface area contributed by atoms with Gasteiger partial charge in [-0.25, -0.2) is 8.42 Å². The molecule has 0 bridgehead atoms. The largest absolute Gasteiger partial charge is 1.00 e. The maximum Gasteiger partial charge on any atom is 1.00 e. The Morgan fingerprint density at radius 2 is 2.13 bits per heavy atom. The average Bonchev–Trinajstić information content (AvgIpc) is 2.28. The molecule has 0 amide bonds. The van der Waals surface area contributed by atoms with Gasteiger partial charge in [-0.2, -0.15) is 0 Å². The molecule has 0 aromatic rings. The summed E-state index contributed by atoms with van der Waals surface area (Å²) < 4.78 is 42.1. The molecular weight excluding hydrogens is 231 g/mol. The molecule has 0 spiro atoms. The fourth-order valence-corrected chi connectivity index (χ4v) is 1.61. The zero-order chi connectivity index (χ0) is 11.0. The third kappa shape index (κ3) is 4.95. The Morgan fingerprint density at radius 3 is 2.47 bits per heavy atom. The number of hydrogen-bond acceptors (Lipinski definition) is 5. The second kappa shape index (κ2) is 5.27. The van der Waals surface area contributed by atoms with E-state index in [-0.39, 0.29) is 47.5 Å². The predicted octanol–water partition coefficient (Wildman–Crippen LogP) is -2.41. The van der Waals surface area contributed by atoms with Crippen LogP contribution in [0.4, 0.5) is 0 Å². The van der Waals surface area contributed by atoms with Crippen molar-refractivity contribution >= 4 is 10.1 Å². The van der Waals surface area contributed by atoms with E-state index in [1.165, 1.54) is 0 Å². The van der Waals surface area contributed by atoms with E-state index in [0.717, 1.165) is 0 Å². The fraction of sp³-hybridized carbons (Fsp3) is 0.750.